The number of hydrogen-bond acceptors (Lipinski definition) is 4. The van der Waals surface area contributed by atoms with E-state index in [1.54, 1.807) is 7.11 Å². The van der Waals surface area contributed by atoms with E-state index in [0.717, 1.165) is 50.8 Å². The minimum absolute atomic E-state index is 0.727. The van der Waals surface area contributed by atoms with Gasteiger partial charge in [-0.25, -0.2) is 0 Å². The van der Waals surface area contributed by atoms with Crippen molar-refractivity contribution < 1.29 is 14.2 Å². The van der Waals surface area contributed by atoms with Gasteiger partial charge in [-0.1, -0.05) is 6.07 Å². The molecule has 0 saturated carbocycles. The Morgan fingerprint density at radius 2 is 2.06 bits per heavy atom. The summed E-state index contributed by atoms with van der Waals surface area (Å²) in [6, 6.07) is 6.09. The van der Waals surface area contributed by atoms with Crippen molar-refractivity contribution in [2.24, 2.45) is 0 Å². The summed E-state index contributed by atoms with van der Waals surface area (Å²) in [5.41, 5.74) is 1.20. The Labute approximate surface area is 102 Å². The third-order valence-corrected chi connectivity index (χ3v) is 2.62. The van der Waals surface area contributed by atoms with Crippen LogP contribution in [-0.2, 0) is 11.3 Å². The monoisotopic (exact) mass is 237 g/mol. The molecule has 1 heterocycles. The van der Waals surface area contributed by atoms with Crippen molar-refractivity contribution in [3.63, 3.8) is 0 Å². The summed E-state index contributed by atoms with van der Waals surface area (Å²) in [5.74, 6) is 1.71. The third kappa shape index (κ3) is 3.61. The molecule has 1 aliphatic heterocycles. The Bertz CT molecular complexity index is 355. The molecule has 0 unspecified atom stereocenters. The summed E-state index contributed by atoms with van der Waals surface area (Å²) < 4.78 is 16.2. The third-order valence-electron chi connectivity index (χ3n) is 2.62. The van der Waals surface area contributed by atoms with Gasteiger partial charge >= 0.3 is 0 Å². The minimum atomic E-state index is 0.727. The number of ether oxygens (including phenoxy) is 3. The van der Waals surface area contributed by atoms with Gasteiger partial charge in [-0.3, -0.25) is 0 Å². The molecule has 0 aliphatic carbocycles. The highest BCUT2D eigenvalue weighted by Gasteiger charge is 2.10. The first kappa shape index (κ1) is 12.2. The molecule has 0 radical (unpaired) electrons. The first-order valence-electron chi connectivity index (χ1n) is 5.98. The van der Waals surface area contributed by atoms with Crippen LogP contribution in [0.3, 0.4) is 0 Å². The van der Waals surface area contributed by atoms with Crippen LogP contribution in [0.4, 0.5) is 0 Å². The van der Waals surface area contributed by atoms with E-state index in [0.29, 0.717) is 0 Å². The average molecular weight is 237 g/mol. The Kier molecular flexibility index (Phi) is 4.64. The van der Waals surface area contributed by atoms with Crippen molar-refractivity contribution in [2.75, 3.05) is 33.5 Å². The van der Waals surface area contributed by atoms with Crippen LogP contribution in [0, 0.1) is 0 Å². The lowest BCUT2D eigenvalue weighted by Gasteiger charge is -2.10. The maximum Gasteiger partial charge on any atom is 0.161 e. The molecule has 1 aliphatic rings. The molecule has 0 aromatic heterocycles. The van der Waals surface area contributed by atoms with Crippen molar-refractivity contribution in [3.8, 4) is 11.5 Å². The van der Waals surface area contributed by atoms with Gasteiger partial charge in [0.25, 0.3) is 0 Å². The van der Waals surface area contributed by atoms with Crippen LogP contribution >= 0.6 is 0 Å². The van der Waals surface area contributed by atoms with Crippen LogP contribution in [0.1, 0.15) is 12.0 Å². The fourth-order valence-corrected chi connectivity index (χ4v) is 1.72. The molecule has 17 heavy (non-hydrogen) atoms. The standard InChI is InChI=1S/C13H19NO3/c1-15-8-5-14-10-11-3-4-12-13(9-11)17-7-2-6-16-12/h3-4,9,14H,2,5-8,10H2,1H3. The summed E-state index contributed by atoms with van der Waals surface area (Å²) in [4.78, 5) is 0. The van der Waals surface area contributed by atoms with Gasteiger partial charge in [0.1, 0.15) is 0 Å². The predicted octanol–water partition coefficient (Wildman–Crippen LogP) is 1.58. The van der Waals surface area contributed by atoms with E-state index in [-0.39, 0.29) is 0 Å². The molecule has 1 N–H and O–H groups in total. The average Bonchev–Trinajstić information content (AvgIpc) is 2.59. The molecule has 4 heteroatoms. The molecular formula is C13H19NO3. The SMILES string of the molecule is COCCNCc1ccc2c(c1)OCCCO2. The normalized spacial score (nSPS) is 14.4. The number of nitrogens with one attached hydrogen (secondary N) is 1. The molecule has 1 aromatic rings. The smallest absolute Gasteiger partial charge is 0.161 e. The second-order valence-electron chi connectivity index (χ2n) is 4.00. The molecule has 2 rings (SSSR count). The molecule has 0 bridgehead atoms. The highest BCUT2D eigenvalue weighted by Crippen LogP contribution is 2.30. The minimum Gasteiger partial charge on any atom is -0.490 e. The highest BCUT2D eigenvalue weighted by molar-refractivity contribution is 5.43. The van der Waals surface area contributed by atoms with Gasteiger partial charge in [0.05, 0.1) is 19.8 Å². The lowest BCUT2D eigenvalue weighted by molar-refractivity contribution is 0.199. The van der Waals surface area contributed by atoms with Crippen LogP contribution in [0.2, 0.25) is 0 Å². The highest BCUT2D eigenvalue weighted by atomic mass is 16.5. The van der Waals surface area contributed by atoms with Gasteiger partial charge in [0, 0.05) is 26.6 Å². The van der Waals surface area contributed by atoms with Crippen molar-refractivity contribution in [1.82, 2.24) is 5.32 Å². The van der Waals surface area contributed by atoms with Gasteiger partial charge in [-0.15, -0.1) is 0 Å². The van der Waals surface area contributed by atoms with Crippen molar-refractivity contribution in [3.05, 3.63) is 23.8 Å². The largest absolute Gasteiger partial charge is 0.490 e. The van der Waals surface area contributed by atoms with Crippen LogP contribution < -0.4 is 14.8 Å². The molecule has 0 amide bonds. The van der Waals surface area contributed by atoms with Crippen molar-refractivity contribution in [2.45, 2.75) is 13.0 Å². The Balaban J connectivity index is 1.93. The summed E-state index contributed by atoms with van der Waals surface area (Å²) >= 11 is 0. The van der Waals surface area contributed by atoms with Crippen molar-refractivity contribution >= 4 is 0 Å². The van der Waals surface area contributed by atoms with Gasteiger partial charge < -0.3 is 19.5 Å². The number of benzene rings is 1. The zero-order chi connectivity index (χ0) is 11.9. The van der Waals surface area contributed by atoms with Crippen LogP contribution in [0.15, 0.2) is 18.2 Å². The summed E-state index contributed by atoms with van der Waals surface area (Å²) in [5, 5.41) is 3.30. The summed E-state index contributed by atoms with van der Waals surface area (Å²) in [6.07, 6.45) is 0.941. The summed E-state index contributed by atoms with van der Waals surface area (Å²) in [7, 11) is 1.70. The Morgan fingerprint density at radius 3 is 2.88 bits per heavy atom. The number of methoxy groups -OCH3 is 1. The number of fused-ring (bicyclic) bond motifs is 1. The molecule has 4 nitrogen and oxygen atoms in total. The van der Waals surface area contributed by atoms with E-state index in [4.69, 9.17) is 14.2 Å². The van der Waals surface area contributed by atoms with E-state index < -0.39 is 0 Å². The fraction of sp³-hybridized carbons (Fsp3) is 0.538. The topological polar surface area (TPSA) is 39.7 Å². The molecule has 1 aromatic carbocycles. The molecule has 94 valence electrons. The van der Waals surface area contributed by atoms with Crippen LogP contribution in [-0.4, -0.2) is 33.5 Å². The van der Waals surface area contributed by atoms with Crippen LogP contribution in [0.5, 0.6) is 11.5 Å². The quantitative estimate of drug-likeness (QED) is 0.789. The van der Waals surface area contributed by atoms with E-state index in [1.165, 1.54) is 5.56 Å². The molecular weight excluding hydrogens is 218 g/mol. The molecule has 0 atom stereocenters. The van der Waals surface area contributed by atoms with Gasteiger partial charge in [0.2, 0.25) is 0 Å². The lowest BCUT2D eigenvalue weighted by Crippen LogP contribution is -2.18. The van der Waals surface area contributed by atoms with Crippen LogP contribution in [0.25, 0.3) is 0 Å². The maximum absolute atomic E-state index is 5.64. The maximum atomic E-state index is 5.64. The van der Waals surface area contributed by atoms with E-state index in [9.17, 15) is 0 Å². The summed E-state index contributed by atoms with van der Waals surface area (Å²) in [6.45, 7) is 3.86. The van der Waals surface area contributed by atoms with E-state index in [1.807, 2.05) is 12.1 Å². The second-order valence-corrected chi connectivity index (χ2v) is 4.00. The first-order valence-corrected chi connectivity index (χ1v) is 5.98. The van der Waals surface area contributed by atoms with Gasteiger partial charge in [-0.2, -0.15) is 0 Å². The molecule has 0 fully saturated rings. The van der Waals surface area contributed by atoms with Crippen molar-refractivity contribution in [1.29, 1.82) is 0 Å². The second kappa shape index (κ2) is 6.47. The predicted molar refractivity (Wildman–Crippen MR) is 65.6 cm³/mol. The molecule has 0 spiro atoms. The van der Waals surface area contributed by atoms with E-state index in [2.05, 4.69) is 11.4 Å². The first-order chi connectivity index (χ1) is 8.40. The lowest BCUT2D eigenvalue weighted by atomic mass is 10.2. The number of hydrogen-bond donors (Lipinski definition) is 1. The van der Waals surface area contributed by atoms with Gasteiger partial charge in [0.15, 0.2) is 11.5 Å². The van der Waals surface area contributed by atoms with E-state index >= 15 is 0 Å². The number of rotatable bonds is 5. The van der Waals surface area contributed by atoms with Gasteiger partial charge in [-0.05, 0) is 17.7 Å². The zero-order valence-electron chi connectivity index (χ0n) is 10.2. The Morgan fingerprint density at radius 1 is 1.24 bits per heavy atom. The molecule has 0 saturated heterocycles. The Hall–Kier alpha value is -1.26. The zero-order valence-corrected chi connectivity index (χ0v) is 10.2. The fourth-order valence-electron chi connectivity index (χ4n) is 1.72.